The summed E-state index contributed by atoms with van der Waals surface area (Å²) in [6.07, 6.45) is 10.2. The highest BCUT2D eigenvalue weighted by Gasteiger charge is 2.65. The van der Waals surface area contributed by atoms with Crippen LogP contribution in [-0.4, -0.2) is 45.8 Å². The molecule has 4 fully saturated rings. The lowest BCUT2D eigenvalue weighted by molar-refractivity contribution is -0.188. The maximum absolute atomic E-state index is 10.9. The van der Waals surface area contributed by atoms with Crippen molar-refractivity contribution in [1.29, 1.82) is 0 Å². The van der Waals surface area contributed by atoms with Gasteiger partial charge >= 0.3 is 0 Å². The highest BCUT2D eigenvalue weighted by atomic mass is 16.5. The minimum absolute atomic E-state index is 0.0263. The first-order valence-electron chi connectivity index (χ1n) is 14.1. The second kappa shape index (κ2) is 7.79. The third-order valence-corrected chi connectivity index (χ3v) is 12.5. The Morgan fingerprint density at radius 3 is 2.32 bits per heavy atom. The Balaban J connectivity index is 1.42. The monoisotopic (exact) mass is 474 g/mol. The van der Waals surface area contributed by atoms with E-state index in [1.165, 1.54) is 25.7 Å². The lowest BCUT2D eigenvalue weighted by Crippen LogP contribution is -2.58. The van der Waals surface area contributed by atoms with Gasteiger partial charge in [-0.05, 0) is 111 Å². The summed E-state index contributed by atoms with van der Waals surface area (Å²) in [7, 11) is 0. The van der Waals surface area contributed by atoms with E-state index in [0.29, 0.717) is 30.3 Å². The van der Waals surface area contributed by atoms with Crippen molar-refractivity contribution in [1.82, 2.24) is 0 Å². The average molecular weight is 475 g/mol. The Morgan fingerprint density at radius 2 is 1.68 bits per heavy atom. The standard InChI is InChI=1S/C30H50O4/c1-26(2)23-9-8-21-20(28(23,5)13-12-24(26)32)11-15-29(6)19(10-14-30(21,29)7)18-16-22(31)25(34-17-18)27(3,4)33/h8,18-20,22-25,31-33H,9-17H2,1-7H3. The Hall–Kier alpha value is -0.420. The third kappa shape index (κ3) is 3.30. The molecular formula is C30H50O4. The zero-order chi connectivity index (χ0) is 24.9. The summed E-state index contributed by atoms with van der Waals surface area (Å²) in [5.41, 5.74) is 1.38. The number of fused-ring (bicyclic) bond motifs is 5. The molecule has 5 rings (SSSR count). The molecule has 4 heteroatoms. The molecule has 4 nitrogen and oxygen atoms in total. The minimum Gasteiger partial charge on any atom is -0.393 e. The van der Waals surface area contributed by atoms with E-state index in [1.54, 1.807) is 19.4 Å². The molecule has 10 unspecified atom stereocenters. The first-order chi connectivity index (χ1) is 15.7. The fraction of sp³-hybridized carbons (Fsp3) is 0.933. The van der Waals surface area contributed by atoms with Gasteiger partial charge in [-0.1, -0.05) is 46.3 Å². The van der Waals surface area contributed by atoms with Crippen LogP contribution in [0.15, 0.2) is 11.6 Å². The molecule has 0 spiro atoms. The van der Waals surface area contributed by atoms with Gasteiger partial charge in [0.25, 0.3) is 0 Å². The van der Waals surface area contributed by atoms with Crippen molar-refractivity contribution in [3.63, 3.8) is 0 Å². The highest BCUT2D eigenvalue weighted by molar-refractivity contribution is 5.33. The first kappa shape index (κ1) is 25.2. The largest absolute Gasteiger partial charge is 0.393 e. The molecule has 1 saturated heterocycles. The molecule has 0 bridgehead atoms. The van der Waals surface area contributed by atoms with E-state index >= 15 is 0 Å². The van der Waals surface area contributed by atoms with Crippen molar-refractivity contribution in [2.24, 2.45) is 45.3 Å². The van der Waals surface area contributed by atoms with Gasteiger partial charge < -0.3 is 20.1 Å². The third-order valence-electron chi connectivity index (χ3n) is 12.5. The van der Waals surface area contributed by atoms with E-state index in [-0.39, 0.29) is 27.8 Å². The van der Waals surface area contributed by atoms with Crippen LogP contribution in [0.1, 0.15) is 99.8 Å². The molecule has 0 aromatic carbocycles. The quantitative estimate of drug-likeness (QED) is 0.463. The van der Waals surface area contributed by atoms with Crippen molar-refractivity contribution in [2.45, 2.75) is 124 Å². The lowest BCUT2D eigenvalue weighted by Gasteiger charge is -2.64. The summed E-state index contributed by atoms with van der Waals surface area (Å²) in [5, 5.41) is 32.1. The Morgan fingerprint density at radius 1 is 0.971 bits per heavy atom. The summed E-state index contributed by atoms with van der Waals surface area (Å²) in [6, 6.07) is 0. The maximum atomic E-state index is 10.9. The lowest BCUT2D eigenvalue weighted by atomic mass is 9.41. The van der Waals surface area contributed by atoms with Crippen LogP contribution < -0.4 is 0 Å². The molecule has 4 aliphatic carbocycles. The van der Waals surface area contributed by atoms with Crippen LogP contribution >= 0.6 is 0 Å². The normalized spacial score (nSPS) is 52.9. The van der Waals surface area contributed by atoms with E-state index in [0.717, 1.165) is 25.7 Å². The molecule has 1 aliphatic heterocycles. The van der Waals surface area contributed by atoms with Gasteiger partial charge in [-0.2, -0.15) is 0 Å². The molecule has 0 radical (unpaired) electrons. The fourth-order valence-corrected chi connectivity index (χ4v) is 10.3. The van der Waals surface area contributed by atoms with Crippen molar-refractivity contribution < 1.29 is 20.1 Å². The van der Waals surface area contributed by atoms with E-state index in [2.05, 4.69) is 40.7 Å². The maximum Gasteiger partial charge on any atom is 0.111 e. The van der Waals surface area contributed by atoms with Crippen LogP contribution in [0.25, 0.3) is 0 Å². The van der Waals surface area contributed by atoms with Gasteiger partial charge in [0, 0.05) is 0 Å². The van der Waals surface area contributed by atoms with Gasteiger partial charge in [0.1, 0.15) is 6.10 Å². The van der Waals surface area contributed by atoms with Crippen molar-refractivity contribution in [2.75, 3.05) is 6.61 Å². The molecule has 10 atom stereocenters. The smallest absolute Gasteiger partial charge is 0.111 e. The molecule has 5 aliphatic rings. The van der Waals surface area contributed by atoms with Gasteiger partial charge in [0.05, 0.1) is 24.4 Å². The average Bonchev–Trinajstić information content (AvgIpc) is 3.02. The predicted octanol–water partition coefficient (Wildman–Crippen LogP) is 5.49. The SMILES string of the molecule is CC(C)(O)C1OCC(C2CCC3(C)C4=CCC5C(C)(C)C(O)CCC5(C)C4CCC23C)CC1O. The van der Waals surface area contributed by atoms with E-state index < -0.39 is 17.8 Å². The molecule has 0 aromatic rings. The minimum atomic E-state index is -1.02. The van der Waals surface area contributed by atoms with Crippen LogP contribution in [0.5, 0.6) is 0 Å². The summed E-state index contributed by atoms with van der Waals surface area (Å²) in [6.45, 7) is 16.4. The van der Waals surface area contributed by atoms with Crippen molar-refractivity contribution in [3.8, 4) is 0 Å². The van der Waals surface area contributed by atoms with Crippen molar-refractivity contribution >= 4 is 0 Å². The van der Waals surface area contributed by atoms with Crippen molar-refractivity contribution in [3.05, 3.63) is 11.6 Å². The summed E-state index contributed by atoms with van der Waals surface area (Å²) < 4.78 is 6.13. The number of allylic oxidation sites excluding steroid dienone is 2. The number of ether oxygens (including phenoxy) is 1. The first-order valence-corrected chi connectivity index (χ1v) is 14.1. The number of rotatable bonds is 2. The number of aliphatic hydroxyl groups is 3. The molecule has 0 aromatic heterocycles. The zero-order valence-corrected chi connectivity index (χ0v) is 22.7. The Labute approximate surface area is 207 Å². The predicted molar refractivity (Wildman–Crippen MR) is 135 cm³/mol. The van der Waals surface area contributed by atoms with Crippen LogP contribution in [0.3, 0.4) is 0 Å². The molecule has 1 heterocycles. The topological polar surface area (TPSA) is 69.9 Å². The van der Waals surface area contributed by atoms with E-state index in [1.807, 2.05) is 0 Å². The molecule has 3 N–H and O–H groups in total. The number of hydrogen-bond acceptors (Lipinski definition) is 4. The van der Waals surface area contributed by atoms with E-state index in [4.69, 9.17) is 4.74 Å². The number of aliphatic hydroxyl groups excluding tert-OH is 2. The van der Waals surface area contributed by atoms with Crippen LogP contribution in [-0.2, 0) is 4.74 Å². The van der Waals surface area contributed by atoms with Gasteiger partial charge in [0.2, 0.25) is 0 Å². The van der Waals surface area contributed by atoms with Gasteiger partial charge in [-0.25, -0.2) is 0 Å². The Kier molecular flexibility index (Phi) is 5.78. The highest BCUT2D eigenvalue weighted by Crippen LogP contribution is 2.73. The van der Waals surface area contributed by atoms with Gasteiger partial charge in [0.15, 0.2) is 0 Å². The Bertz CT molecular complexity index is 841. The molecule has 194 valence electrons. The molecule has 34 heavy (non-hydrogen) atoms. The summed E-state index contributed by atoms with van der Waals surface area (Å²) in [4.78, 5) is 0. The van der Waals surface area contributed by atoms with Gasteiger partial charge in [-0.3, -0.25) is 0 Å². The van der Waals surface area contributed by atoms with E-state index in [9.17, 15) is 15.3 Å². The van der Waals surface area contributed by atoms with Gasteiger partial charge in [-0.15, -0.1) is 0 Å². The van der Waals surface area contributed by atoms with Crippen LogP contribution in [0.4, 0.5) is 0 Å². The summed E-state index contributed by atoms with van der Waals surface area (Å²) in [5.74, 6) is 2.08. The molecule has 3 saturated carbocycles. The van der Waals surface area contributed by atoms with Crippen LogP contribution in [0.2, 0.25) is 0 Å². The molecular weight excluding hydrogens is 424 g/mol. The molecule has 0 amide bonds. The second-order valence-electron chi connectivity index (χ2n) is 14.8. The van der Waals surface area contributed by atoms with Crippen LogP contribution in [0, 0.1) is 45.3 Å². The second-order valence-corrected chi connectivity index (χ2v) is 14.8. The summed E-state index contributed by atoms with van der Waals surface area (Å²) >= 11 is 0. The zero-order valence-electron chi connectivity index (χ0n) is 22.7. The fourth-order valence-electron chi connectivity index (χ4n) is 10.3. The number of hydrogen-bond donors (Lipinski definition) is 3.